The van der Waals surface area contributed by atoms with Crippen LogP contribution >= 0.6 is 23.2 Å². The van der Waals surface area contributed by atoms with Crippen molar-refractivity contribution >= 4 is 35.1 Å². The topological polar surface area (TPSA) is 26.3 Å². The second kappa shape index (κ2) is 6.60. The number of hydrogen-bond acceptors (Lipinski definition) is 2. The average molecular weight is 307 g/mol. The molecule has 0 saturated heterocycles. The van der Waals surface area contributed by atoms with Crippen molar-refractivity contribution in [2.45, 2.75) is 0 Å². The van der Waals surface area contributed by atoms with Crippen LogP contribution in [0.15, 0.2) is 48.5 Å². The minimum absolute atomic E-state index is 0.200. The molecule has 0 bridgehead atoms. The van der Waals surface area contributed by atoms with Gasteiger partial charge in [-0.1, -0.05) is 59.6 Å². The zero-order chi connectivity index (χ0) is 14.5. The fourth-order valence-corrected chi connectivity index (χ4v) is 2.25. The molecule has 0 spiro atoms. The SMILES string of the molecule is COc1cc(C(=O)C=Cc2ccccc2)c(Cl)cc1Cl. The highest BCUT2D eigenvalue weighted by Gasteiger charge is 2.12. The Hall–Kier alpha value is -1.77. The molecule has 0 atom stereocenters. The Morgan fingerprint density at radius 2 is 1.80 bits per heavy atom. The number of carbonyl (C=O) groups excluding carboxylic acids is 1. The fourth-order valence-electron chi connectivity index (χ4n) is 1.70. The van der Waals surface area contributed by atoms with Crippen molar-refractivity contribution in [3.8, 4) is 5.75 Å². The quantitative estimate of drug-likeness (QED) is 0.593. The van der Waals surface area contributed by atoms with Crippen molar-refractivity contribution in [3.63, 3.8) is 0 Å². The number of hydrogen-bond donors (Lipinski definition) is 0. The van der Waals surface area contributed by atoms with E-state index in [0.717, 1.165) is 5.56 Å². The number of methoxy groups -OCH3 is 1. The number of rotatable bonds is 4. The lowest BCUT2D eigenvalue weighted by Gasteiger charge is -2.06. The number of allylic oxidation sites excluding steroid dienone is 1. The van der Waals surface area contributed by atoms with E-state index in [0.29, 0.717) is 21.4 Å². The van der Waals surface area contributed by atoms with Crippen LogP contribution < -0.4 is 4.74 Å². The van der Waals surface area contributed by atoms with Gasteiger partial charge in [0.25, 0.3) is 0 Å². The number of benzene rings is 2. The van der Waals surface area contributed by atoms with Crippen LogP contribution in [0, 0.1) is 0 Å². The van der Waals surface area contributed by atoms with Gasteiger partial charge in [0.05, 0.1) is 17.2 Å². The molecule has 2 rings (SSSR count). The summed E-state index contributed by atoms with van der Waals surface area (Å²) >= 11 is 12.0. The average Bonchev–Trinajstić information content (AvgIpc) is 2.46. The Kier molecular flexibility index (Phi) is 4.83. The Morgan fingerprint density at radius 1 is 1.10 bits per heavy atom. The third-order valence-corrected chi connectivity index (χ3v) is 3.34. The third kappa shape index (κ3) is 3.41. The highest BCUT2D eigenvalue weighted by Crippen LogP contribution is 2.31. The highest BCUT2D eigenvalue weighted by molar-refractivity contribution is 6.38. The first kappa shape index (κ1) is 14.6. The van der Waals surface area contributed by atoms with Gasteiger partial charge >= 0.3 is 0 Å². The van der Waals surface area contributed by atoms with Gasteiger partial charge in [-0.3, -0.25) is 4.79 Å². The van der Waals surface area contributed by atoms with Gasteiger partial charge in [0, 0.05) is 5.56 Å². The third-order valence-electron chi connectivity index (χ3n) is 2.73. The van der Waals surface area contributed by atoms with Gasteiger partial charge < -0.3 is 4.74 Å². The van der Waals surface area contributed by atoms with Crippen LogP contribution in [-0.4, -0.2) is 12.9 Å². The largest absolute Gasteiger partial charge is 0.495 e. The lowest BCUT2D eigenvalue weighted by Crippen LogP contribution is -1.97. The summed E-state index contributed by atoms with van der Waals surface area (Å²) in [6, 6.07) is 12.6. The predicted molar refractivity (Wildman–Crippen MR) is 82.8 cm³/mol. The molecule has 20 heavy (non-hydrogen) atoms. The molecule has 0 unspecified atom stereocenters. The van der Waals surface area contributed by atoms with E-state index in [4.69, 9.17) is 27.9 Å². The zero-order valence-corrected chi connectivity index (χ0v) is 12.3. The molecule has 0 radical (unpaired) electrons. The molecule has 0 aliphatic heterocycles. The summed E-state index contributed by atoms with van der Waals surface area (Å²) < 4.78 is 5.09. The summed E-state index contributed by atoms with van der Waals surface area (Å²) in [5.74, 6) is 0.223. The van der Waals surface area contributed by atoms with E-state index < -0.39 is 0 Å². The summed E-state index contributed by atoms with van der Waals surface area (Å²) in [5, 5.41) is 0.680. The van der Waals surface area contributed by atoms with Crippen LogP contribution in [0.1, 0.15) is 15.9 Å². The summed E-state index contributed by atoms with van der Waals surface area (Å²) in [4.78, 5) is 12.1. The van der Waals surface area contributed by atoms with Crippen LogP contribution in [0.3, 0.4) is 0 Å². The molecular weight excluding hydrogens is 295 g/mol. The maximum absolute atomic E-state index is 12.1. The molecule has 0 heterocycles. The van der Waals surface area contributed by atoms with E-state index >= 15 is 0 Å². The molecule has 0 aromatic heterocycles. The van der Waals surface area contributed by atoms with Gasteiger partial charge in [-0.25, -0.2) is 0 Å². The molecule has 0 aliphatic rings. The number of ether oxygens (including phenoxy) is 1. The molecule has 4 heteroatoms. The number of carbonyl (C=O) groups is 1. The molecule has 0 aliphatic carbocycles. The maximum atomic E-state index is 12.1. The number of ketones is 1. The van der Waals surface area contributed by atoms with Crippen molar-refractivity contribution in [3.05, 3.63) is 69.7 Å². The monoisotopic (exact) mass is 306 g/mol. The first-order chi connectivity index (χ1) is 9.61. The molecule has 2 nitrogen and oxygen atoms in total. The second-order valence-electron chi connectivity index (χ2n) is 4.07. The molecule has 2 aromatic rings. The van der Waals surface area contributed by atoms with Gasteiger partial charge in [-0.2, -0.15) is 0 Å². The predicted octanol–water partition coefficient (Wildman–Crippen LogP) is 4.90. The minimum atomic E-state index is -0.200. The van der Waals surface area contributed by atoms with Gasteiger partial charge in [0.2, 0.25) is 0 Å². The Balaban J connectivity index is 2.28. The van der Waals surface area contributed by atoms with Crippen molar-refractivity contribution < 1.29 is 9.53 Å². The van der Waals surface area contributed by atoms with Crippen LogP contribution in [0.4, 0.5) is 0 Å². The Bertz CT molecular complexity index is 649. The van der Waals surface area contributed by atoms with Crippen molar-refractivity contribution in [1.82, 2.24) is 0 Å². The summed E-state index contributed by atoms with van der Waals surface area (Å²) in [6.07, 6.45) is 3.21. The Morgan fingerprint density at radius 3 is 2.45 bits per heavy atom. The number of halogens is 2. The highest BCUT2D eigenvalue weighted by atomic mass is 35.5. The van der Waals surface area contributed by atoms with Crippen LogP contribution in [0.25, 0.3) is 6.08 Å². The molecule has 0 saturated carbocycles. The molecule has 2 aromatic carbocycles. The maximum Gasteiger partial charge on any atom is 0.187 e. The lowest BCUT2D eigenvalue weighted by atomic mass is 10.1. The smallest absolute Gasteiger partial charge is 0.187 e. The first-order valence-corrected chi connectivity index (χ1v) is 6.68. The van der Waals surface area contributed by atoms with Gasteiger partial charge in [0.15, 0.2) is 5.78 Å². The fraction of sp³-hybridized carbons (Fsp3) is 0.0625. The normalized spacial score (nSPS) is 10.8. The van der Waals surface area contributed by atoms with E-state index in [-0.39, 0.29) is 5.78 Å². The van der Waals surface area contributed by atoms with Gasteiger partial charge in [-0.15, -0.1) is 0 Å². The first-order valence-electron chi connectivity index (χ1n) is 5.92. The van der Waals surface area contributed by atoms with Gasteiger partial charge in [0.1, 0.15) is 5.75 Å². The zero-order valence-electron chi connectivity index (χ0n) is 10.8. The molecule has 0 amide bonds. The van der Waals surface area contributed by atoms with Gasteiger partial charge in [-0.05, 0) is 23.8 Å². The molecule has 0 N–H and O–H groups in total. The molecule has 102 valence electrons. The van der Waals surface area contributed by atoms with Crippen molar-refractivity contribution in [2.24, 2.45) is 0 Å². The van der Waals surface area contributed by atoms with E-state index in [2.05, 4.69) is 0 Å². The second-order valence-corrected chi connectivity index (χ2v) is 4.89. The summed E-state index contributed by atoms with van der Waals surface area (Å²) in [6.45, 7) is 0. The summed E-state index contributed by atoms with van der Waals surface area (Å²) in [5.41, 5.74) is 1.30. The molecule has 0 fully saturated rings. The van der Waals surface area contributed by atoms with Crippen LogP contribution in [0.2, 0.25) is 10.0 Å². The van der Waals surface area contributed by atoms with E-state index in [1.807, 2.05) is 30.3 Å². The molecular formula is C16H12Cl2O2. The lowest BCUT2D eigenvalue weighted by molar-refractivity contribution is 0.104. The Labute approximate surface area is 127 Å². The van der Waals surface area contributed by atoms with Crippen LogP contribution in [0.5, 0.6) is 5.75 Å². The van der Waals surface area contributed by atoms with Crippen molar-refractivity contribution in [2.75, 3.05) is 7.11 Å². The van der Waals surface area contributed by atoms with Crippen molar-refractivity contribution in [1.29, 1.82) is 0 Å². The minimum Gasteiger partial charge on any atom is -0.495 e. The standard InChI is InChI=1S/C16H12Cl2O2/c1-20-16-9-12(13(17)10-14(16)18)15(19)8-7-11-5-3-2-4-6-11/h2-10H,1H3. The van der Waals surface area contributed by atoms with E-state index in [1.165, 1.54) is 19.3 Å². The van der Waals surface area contributed by atoms with E-state index in [9.17, 15) is 4.79 Å². The van der Waals surface area contributed by atoms with E-state index in [1.54, 1.807) is 12.1 Å². The van der Waals surface area contributed by atoms with Crippen LogP contribution in [-0.2, 0) is 0 Å². The summed E-state index contributed by atoms with van der Waals surface area (Å²) in [7, 11) is 1.49.